The predicted molar refractivity (Wildman–Crippen MR) is 109 cm³/mol. The van der Waals surface area contributed by atoms with E-state index in [0.717, 1.165) is 38.4 Å². The van der Waals surface area contributed by atoms with Gasteiger partial charge in [-0.2, -0.15) is 0 Å². The summed E-state index contributed by atoms with van der Waals surface area (Å²) in [6, 6.07) is 17.9. The van der Waals surface area contributed by atoms with Crippen molar-refractivity contribution in [1.29, 1.82) is 0 Å². The van der Waals surface area contributed by atoms with Crippen LogP contribution < -0.4 is 0 Å². The van der Waals surface area contributed by atoms with Crippen molar-refractivity contribution in [3.05, 3.63) is 84.5 Å². The number of hydrogen-bond donors (Lipinski definition) is 0. The van der Waals surface area contributed by atoms with Crippen LogP contribution in [0.3, 0.4) is 0 Å². The van der Waals surface area contributed by atoms with Crippen molar-refractivity contribution in [1.82, 2.24) is 24.6 Å². The molecule has 0 unspecified atom stereocenters. The normalized spacial score (nSPS) is 15.2. The van der Waals surface area contributed by atoms with Crippen LogP contribution in [-0.4, -0.2) is 63.2 Å². The molecule has 28 heavy (non-hydrogen) atoms. The number of carbonyl (C=O) groups excluding carboxylic acids is 1. The lowest BCUT2D eigenvalue weighted by atomic mass is 10.1. The Morgan fingerprint density at radius 2 is 1.57 bits per heavy atom. The summed E-state index contributed by atoms with van der Waals surface area (Å²) in [6.45, 7) is 4.20. The van der Waals surface area contributed by atoms with E-state index in [1.165, 1.54) is 5.56 Å². The van der Waals surface area contributed by atoms with Crippen LogP contribution in [0.1, 0.15) is 15.9 Å². The summed E-state index contributed by atoms with van der Waals surface area (Å²) in [6.07, 6.45) is 7.62. The third-order valence-corrected chi connectivity index (χ3v) is 4.96. The first-order chi connectivity index (χ1) is 13.8. The Hall–Kier alpha value is -3.25. The minimum absolute atomic E-state index is 0.0924. The van der Waals surface area contributed by atoms with Crippen molar-refractivity contribution < 1.29 is 4.79 Å². The molecule has 142 valence electrons. The zero-order valence-corrected chi connectivity index (χ0v) is 15.7. The SMILES string of the molecule is O=C(c1ccc(-n2cnnc2)cc1)N1CCN(CC=Cc2ccccc2)CC1. The highest BCUT2D eigenvalue weighted by Crippen LogP contribution is 2.13. The zero-order valence-electron chi connectivity index (χ0n) is 15.7. The summed E-state index contributed by atoms with van der Waals surface area (Å²) in [5.41, 5.74) is 2.87. The van der Waals surface area contributed by atoms with E-state index in [0.29, 0.717) is 5.56 Å². The zero-order chi connectivity index (χ0) is 19.2. The lowest BCUT2D eigenvalue weighted by molar-refractivity contribution is 0.0650. The fourth-order valence-electron chi connectivity index (χ4n) is 3.33. The van der Waals surface area contributed by atoms with Crippen molar-refractivity contribution in [2.75, 3.05) is 32.7 Å². The van der Waals surface area contributed by atoms with Gasteiger partial charge in [-0.25, -0.2) is 0 Å². The molecule has 2 heterocycles. The first kappa shape index (κ1) is 18.1. The van der Waals surface area contributed by atoms with E-state index in [4.69, 9.17) is 0 Å². The van der Waals surface area contributed by atoms with Gasteiger partial charge in [0, 0.05) is 44.0 Å². The van der Waals surface area contributed by atoms with Crippen molar-refractivity contribution in [3.63, 3.8) is 0 Å². The third kappa shape index (κ3) is 4.35. The molecular formula is C22H23N5O. The van der Waals surface area contributed by atoms with E-state index in [2.05, 4.69) is 39.4 Å². The first-order valence-corrected chi connectivity index (χ1v) is 9.48. The molecule has 6 heteroatoms. The lowest BCUT2D eigenvalue weighted by Gasteiger charge is -2.34. The molecule has 6 nitrogen and oxygen atoms in total. The number of aromatic nitrogens is 3. The number of amides is 1. The molecule has 1 aromatic heterocycles. The summed E-state index contributed by atoms with van der Waals surface area (Å²) < 4.78 is 1.82. The molecule has 0 saturated carbocycles. The van der Waals surface area contributed by atoms with Gasteiger partial charge in [0.1, 0.15) is 12.7 Å². The van der Waals surface area contributed by atoms with Crippen LogP contribution in [0.5, 0.6) is 0 Å². The second kappa shape index (κ2) is 8.63. The van der Waals surface area contributed by atoms with Crippen molar-refractivity contribution in [2.45, 2.75) is 0 Å². The van der Waals surface area contributed by atoms with Gasteiger partial charge in [-0.3, -0.25) is 14.3 Å². The summed E-state index contributed by atoms with van der Waals surface area (Å²) in [5.74, 6) is 0.0924. The van der Waals surface area contributed by atoms with Crippen molar-refractivity contribution in [2.24, 2.45) is 0 Å². The van der Waals surface area contributed by atoms with Gasteiger partial charge in [0.15, 0.2) is 0 Å². The average molecular weight is 373 g/mol. The standard InChI is InChI=1S/C22H23N5O/c28-22(20-8-10-21(11-9-20)27-17-23-24-18-27)26-15-13-25(14-16-26)12-4-7-19-5-2-1-3-6-19/h1-11,17-18H,12-16H2. The first-order valence-electron chi connectivity index (χ1n) is 9.48. The van der Waals surface area contributed by atoms with Crippen LogP contribution in [0.15, 0.2) is 73.3 Å². The van der Waals surface area contributed by atoms with Gasteiger partial charge < -0.3 is 4.90 Å². The van der Waals surface area contributed by atoms with Gasteiger partial charge in [0.05, 0.1) is 0 Å². The van der Waals surface area contributed by atoms with Gasteiger partial charge in [-0.15, -0.1) is 10.2 Å². The maximum atomic E-state index is 12.8. The third-order valence-electron chi connectivity index (χ3n) is 4.96. The largest absolute Gasteiger partial charge is 0.336 e. The molecule has 2 aromatic carbocycles. The van der Waals surface area contributed by atoms with Crippen LogP contribution in [0, 0.1) is 0 Å². The monoisotopic (exact) mass is 373 g/mol. The summed E-state index contributed by atoms with van der Waals surface area (Å²) in [5, 5.41) is 7.61. The molecule has 0 spiro atoms. The Balaban J connectivity index is 1.28. The van der Waals surface area contributed by atoms with Gasteiger partial charge in [0.2, 0.25) is 0 Å². The Morgan fingerprint density at radius 3 is 2.25 bits per heavy atom. The number of rotatable bonds is 5. The number of hydrogen-bond acceptors (Lipinski definition) is 4. The minimum Gasteiger partial charge on any atom is -0.336 e. The van der Waals surface area contributed by atoms with E-state index < -0.39 is 0 Å². The molecule has 1 aliphatic rings. The van der Waals surface area contributed by atoms with Gasteiger partial charge in [-0.1, -0.05) is 42.5 Å². The molecule has 0 aliphatic carbocycles. The van der Waals surface area contributed by atoms with E-state index >= 15 is 0 Å². The molecule has 0 atom stereocenters. The second-order valence-corrected chi connectivity index (χ2v) is 6.82. The molecule has 1 fully saturated rings. The van der Waals surface area contributed by atoms with Crippen LogP contribution >= 0.6 is 0 Å². The Bertz CT molecular complexity index is 911. The number of carbonyl (C=O) groups is 1. The Kier molecular flexibility index (Phi) is 5.58. The molecule has 1 amide bonds. The van der Waals surface area contributed by atoms with E-state index in [-0.39, 0.29) is 5.91 Å². The summed E-state index contributed by atoms with van der Waals surface area (Å²) in [4.78, 5) is 17.1. The average Bonchev–Trinajstić information content (AvgIpc) is 3.30. The minimum atomic E-state index is 0.0924. The maximum Gasteiger partial charge on any atom is 0.253 e. The predicted octanol–water partition coefficient (Wildman–Crippen LogP) is 2.74. The molecule has 3 aromatic rings. The Labute approximate surface area is 164 Å². The Morgan fingerprint density at radius 1 is 0.893 bits per heavy atom. The number of piperazine rings is 1. The molecule has 0 bridgehead atoms. The van der Waals surface area contributed by atoms with E-state index in [1.807, 2.05) is 51.9 Å². The van der Waals surface area contributed by atoms with Gasteiger partial charge >= 0.3 is 0 Å². The van der Waals surface area contributed by atoms with E-state index in [1.54, 1.807) is 12.7 Å². The van der Waals surface area contributed by atoms with Crippen LogP contribution in [0.25, 0.3) is 11.8 Å². The fraction of sp³-hybridized carbons (Fsp3) is 0.227. The highest BCUT2D eigenvalue weighted by Gasteiger charge is 2.21. The molecule has 0 N–H and O–H groups in total. The smallest absolute Gasteiger partial charge is 0.253 e. The van der Waals surface area contributed by atoms with E-state index in [9.17, 15) is 4.79 Å². The molecule has 0 radical (unpaired) electrons. The molecule has 1 aliphatic heterocycles. The van der Waals surface area contributed by atoms with Gasteiger partial charge in [0.25, 0.3) is 5.91 Å². The van der Waals surface area contributed by atoms with Crippen LogP contribution in [0.2, 0.25) is 0 Å². The number of nitrogens with zero attached hydrogens (tertiary/aromatic N) is 5. The molecular weight excluding hydrogens is 350 g/mol. The number of benzene rings is 2. The van der Waals surface area contributed by atoms with Crippen LogP contribution in [0.4, 0.5) is 0 Å². The summed E-state index contributed by atoms with van der Waals surface area (Å²) >= 11 is 0. The topological polar surface area (TPSA) is 54.3 Å². The highest BCUT2D eigenvalue weighted by molar-refractivity contribution is 5.94. The lowest BCUT2D eigenvalue weighted by Crippen LogP contribution is -2.48. The quantitative estimate of drug-likeness (QED) is 0.690. The molecule has 1 saturated heterocycles. The summed E-state index contributed by atoms with van der Waals surface area (Å²) in [7, 11) is 0. The second-order valence-electron chi connectivity index (χ2n) is 6.82. The van der Waals surface area contributed by atoms with Gasteiger partial charge in [-0.05, 0) is 29.8 Å². The molecule has 4 rings (SSSR count). The van der Waals surface area contributed by atoms with Crippen molar-refractivity contribution in [3.8, 4) is 5.69 Å². The fourth-order valence-corrected chi connectivity index (χ4v) is 3.33. The van der Waals surface area contributed by atoms with Crippen molar-refractivity contribution >= 4 is 12.0 Å². The maximum absolute atomic E-state index is 12.8. The van der Waals surface area contributed by atoms with Crippen LogP contribution in [-0.2, 0) is 0 Å². The highest BCUT2D eigenvalue weighted by atomic mass is 16.2.